The standard InChI is InChI=1S/C28H36ClN5O2/c1-21-6-5-7-23(18-21)28(2,3)19-25(35)20-34-27(36)33(17-16-32-14-12-31(4)13-15-32)26(30-34)22-8-10-24(29)11-9-22/h5-11,18H,12-17,19-20H2,1-4H3. The van der Waals surface area contributed by atoms with Crippen molar-refractivity contribution in [2.24, 2.45) is 0 Å². The number of hydrogen-bond donors (Lipinski definition) is 0. The number of likely N-dealkylation sites (N-methyl/N-ethyl adjacent to an activating group) is 1. The minimum absolute atomic E-state index is 0.0185. The van der Waals surface area contributed by atoms with E-state index in [4.69, 9.17) is 11.6 Å². The Bertz CT molecular complexity index is 1250. The topological polar surface area (TPSA) is 63.4 Å². The van der Waals surface area contributed by atoms with Crippen molar-refractivity contribution < 1.29 is 4.79 Å². The highest BCUT2D eigenvalue weighted by atomic mass is 35.5. The Kier molecular flexibility index (Phi) is 8.13. The molecule has 1 fully saturated rings. The third-order valence-electron chi connectivity index (χ3n) is 7.03. The molecular weight excluding hydrogens is 474 g/mol. The highest BCUT2D eigenvalue weighted by molar-refractivity contribution is 6.30. The molecule has 1 aromatic heterocycles. The van der Waals surface area contributed by atoms with Crippen molar-refractivity contribution in [1.29, 1.82) is 0 Å². The van der Waals surface area contributed by atoms with E-state index >= 15 is 0 Å². The second-order valence-electron chi connectivity index (χ2n) is 10.5. The zero-order valence-electron chi connectivity index (χ0n) is 21.7. The lowest BCUT2D eigenvalue weighted by molar-refractivity contribution is -0.120. The quantitative estimate of drug-likeness (QED) is 0.438. The molecular formula is C28H36ClN5O2. The summed E-state index contributed by atoms with van der Waals surface area (Å²) < 4.78 is 3.02. The average molecular weight is 510 g/mol. The molecule has 0 bridgehead atoms. The maximum Gasteiger partial charge on any atom is 0.346 e. The Hall–Kier alpha value is -2.74. The predicted molar refractivity (Wildman–Crippen MR) is 145 cm³/mol. The Morgan fingerprint density at radius 3 is 2.39 bits per heavy atom. The summed E-state index contributed by atoms with van der Waals surface area (Å²) in [4.78, 5) is 31.2. The summed E-state index contributed by atoms with van der Waals surface area (Å²) in [5, 5.41) is 5.24. The van der Waals surface area contributed by atoms with Crippen molar-refractivity contribution in [1.82, 2.24) is 24.1 Å². The first-order valence-electron chi connectivity index (χ1n) is 12.6. The van der Waals surface area contributed by atoms with Crippen LogP contribution in [0.15, 0.2) is 53.3 Å². The zero-order valence-corrected chi connectivity index (χ0v) is 22.5. The van der Waals surface area contributed by atoms with Gasteiger partial charge in [-0.15, -0.1) is 5.10 Å². The monoisotopic (exact) mass is 509 g/mol. The fourth-order valence-electron chi connectivity index (χ4n) is 4.75. The molecule has 0 saturated carbocycles. The lowest BCUT2D eigenvalue weighted by Crippen LogP contribution is -2.45. The van der Waals surface area contributed by atoms with Gasteiger partial charge >= 0.3 is 5.69 Å². The molecule has 0 amide bonds. The van der Waals surface area contributed by atoms with Crippen LogP contribution in [-0.2, 0) is 23.3 Å². The SMILES string of the molecule is Cc1cccc(C(C)(C)CC(=O)Cn2nc(-c3ccc(Cl)cc3)n(CCN3CCN(C)CC3)c2=O)c1. The molecule has 8 heteroatoms. The van der Waals surface area contributed by atoms with Crippen LogP contribution >= 0.6 is 11.6 Å². The maximum absolute atomic E-state index is 13.4. The lowest BCUT2D eigenvalue weighted by atomic mass is 9.79. The molecule has 4 rings (SSSR count). The molecule has 2 aromatic carbocycles. The van der Waals surface area contributed by atoms with E-state index in [0.29, 0.717) is 23.8 Å². The molecule has 0 unspecified atom stereocenters. The van der Waals surface area contributed by atoms with Crippen LogP contribution in [0.25, 0.3) is 11.4 Å². The van der Waals surface area contributed by atoms with Gasteiger partial charge in [-0.25, -0.2) is 9.48 Å². The number of benzene rings is 2. The third kappa shape index (κ3) is 6.33. The highest BCUT2D eigenvalue weighted by Crippen LogP contribution is 2.28. The predicted octanol–water partition coefficient (Wildman–Crippen LogP) is 3.86. The Morgan fingerprint density at radius 1 is 1.03 bits per heavy atom. The van der Waals surface area contributed by atoms with Crippen molar-refractivity contribution in [2.45, 2.75) is 45.7 Å². The smallest absolute Gasteiger partial charge is 0.304 e. The number of halogens is 1. The van der Waals surface area contributed by atoms with Crippen LogP contribution in [0, 0.1) is 6.92 Å². The van der Waals surface area contributed by atoms with Crippen molar-refractivity contribution in [3.8, 4) is 11.4 Å². The molecule has 1 aliphatic heterocycles. The fourth-order valence-corrected chi connectivity index (χ4v) is 4.88. The molecule has 1 aliphatic rings. The van der Waals surface area contributed by atoms with E-state index < -0.39 is 0 Å². The summed E-state index contributed by atoms with van der Waals surface area (Å²) >= 11 is 6.09. The lowest BCUT2D eigenvalue weighted by Gasteiger charge is -2.32. The first-order chi connectivity index (χ1) is 17.1. The van der Waals surface area contributed by atoms with Gasteiger partial charge in [0.05, 0.1) is 0 Å². The molecule has 3 aromatic rings. The van der Waals surface area contributed by atoms with Gasteiger partial charge in [0.15, 0.2) is 11.6 Å². The summed E-state index contributed by atoms with van der Waals surface area (Å²) in [6.45, 7) is 11.4. The van der Waals surface area contributed by atoms with Gasteiger partial charge in [-0.2, -0.15) is 0 Å². The van der Waals surface area contributed by atoms with Crippen LogP contribution in [0.1, 0.15) is 31.4 Å². The molecule has 192 valence electrons. The minimum Gasteiger partial charge on any atom is -0.304 e. The number of aryl methyl sites for hydroxylation is 1. The van der Waals surface area contributed by atoms with Gasteiger partial charge in [0, 0.05) is 56.3 Å². The van der Waals surface area contributed by atoms with Gasteiger partial charge in [0.25, 0.3) is 0 Å². The third-order valence-corrected chi connectivity index (χ3v) is 7.28. The van der Waals surface area contributed by atoms with E-state index in [-0.39, 0.29) is 23.4 Å². The van der Waals surface area contributed by atoms with Gasteiger partial charge < -0.3 is 4.90 Å². The van der Waals surface area contributed by atoms with Crippen LogP contribution in [0.3, 0.4) is 0 Å². The number of nitrogens with zero attached hydrogens (tertiary/aromatic N) is 5. The molecule has 0 atom stereocenters. The summed E-state index contributed by atoms with van der Waals surface area (Å²) in [7, 11) is 2.13. The van der Waals surface area contributed by atoms with Crippen LogP contribution in [0.2, 0.25) is 5.02 Å². The van der Waals surface area contributed by atoms with E-state index in [0.717, 1.165) is 49.4 Å². The number of hydrogen-bond acceptors (Lipinski definition) is 5. The summed E-state index contributed by atoms with van der Waals surface area (Å²) in [6, 6.07) is 15.5. The maximum atomic E-state index is 13.4. The van der Waals surface area contributed by atoms with Crippen molar-refractivity contribution in [2.75, 3.05) is 39.8 Å². The van der Waals surface area contributed by atoms with E-state index in [1.165, 1.54) is 4.68 Å². The van der Waals surface area contributed by atoms with Crippen molar-refractivity contribution in [3.05, 3.63) is 75.2 Å². The Morgan fingerprint density at radius 2 is 1.72 bits per heavy atom. The molecule has 0 N–H and O–H groups in total. The van der Waals surface area contributed by atoms with E-state index in [9.17, 15) is 9.59 Å². The molecule has 7 nitrogen and oxygen atoms in total. The molecule has 0 spiro atoms. The first kappa shape index (κ1) is 26.3. The number of piperazine rings is 1. The first-order valence-corrected chi connectivity index (χ1v) is 12.9. The number of ketones is 1. The van der Waals surface area contributed by atoms with Crippen LogP contribution < -0.4 is 5.69 Å². The van der Waals surface area contributed by atoms with Crippen LogP contribution in [0.4, 0.5) is 0 Å². The normalized spacial score (nSPS) is 15.4. The second kappa shape index (κ2) is 11.1. The van der Waals surface area contributed by atoms with Crippen LogP contribution in [-0.4, -0.2) is 69.7 Å². The van der Waals surface area contributed by atoms with E-state index in [1.54, 1.807) is 16.7 Å². The van der Waals surface area contributed by atoms with Crippen molar-refractivity contribution >= 4 is 17.4 Å². The fraction of sp³-hybridized carbons (Fsp3) is 0.464. The number of rotatable bonds is 9. The molecule has 36 heavy (non-hydrogen) atoms. The molecule has 1 saturated heterocycles. The largest absolute Gasteiger partial charge is 0.346 e. The van der Waals surface area contributed by atoms with Gasteiger partial charge in [-0.1, -0.05) is 55.3 Å². The minimum atomic E-state index is -0.338. The van der Waals surface area contributed by atoms with Gasteiger partial charge in [0.2, 0.25) is 0 Å². The van der Waals surface area contributed by atoms with E-state index in [1.807, 2.05) is 31.2 Å². The Labute approximate surface area is 218 Å². The molecule has 0 radical (unpaired) electrons. The molecule has 2 heterocycles. The van der Waals surface area contributed by atoms with E-state index in [2.05, 4.69) is 47.9 Å². The number of carbonyl (C=O) groups is 1. The highest BCUT2D eigenvalue weighted by Gasteiger charge is 2.26. The second-order valence-corrected chi connectivity index (χ2v) is 11.0. The number of carbonyl (C=O) groups excluding carboxylic acids is 1. The molecule has 0 aliphatic carbocycles. The average Bonchev–Trinajstić information content (AvgIpc) is 3.13. The number of aromatic nitrogens is 3. The van der Waals surface area contributed by atoms with Gasteiger partial charge in [-0.05, 0) is 49.2 Å². The Balaban J connectivity index is 1.55. The summed E-state index contributed by atoms with van der Waals surface area (Å²) in [5.74, 6) is 0.548. The van der Waals surface area contributed by atoms with Gasteiger partial charge in [-0.3, -0.25) is 14.3 Å². The van der Waals surface area contributed by atoms with Crippen molar-refractivity contribution in [3.63, 3.8) is 0 Å². The number of Topliss-reactive ketones (excluding diaryl/α,β-unsaturated/α-hetero) is 1. The summed E-state index contributed by atoms with van der Waals surface area (Å²) in [6.07, 6.45) is 0.327. The van der Waals surface area contributed by atoms with Gasteiger partial charge in [0.1, 0.15) is 6.54 Å². The zero-order chi connectivity index (χ0) is 25.9. The van der Waals surface area contributed by atoms with Crippen LogP contribution in [0.5, 0.6) is 0 Å². The summed E-state index contributed by atoms with van der Waals surface area (Å²) in [5.41, 5.74) is 2.49.